The third-order valence-corrected chi connectivity index (χ3v) is 0. The van der Waals surface area contributed by atoms with Crippen LogP contribution in [0.5, 0.6) is 0 Å². The summed E-state index contributed by atoms with van der Waals surface area (Å²) in [7, 11) is -1.42. The summed E-state index contributed by atoms with van der Waals surface area (Å²) < 4.78 is 16.8. The molecule has 0 aliphatic rings. The largest absolute Gasteiger partial charge is 2.00 e. The number of hydrogen-bond donors (Lipinski definition) is 0. The van der Waals surface area contributed by atoms with Crippen molar-refractivity contribution >= 4 is 32.3 Å². The molecule has 0 amide bonds. The Bertz CT molecular complexity index is 33.9. The van der Waals surface area contributed by atoms with E-state index in [4.69, 9.17) is 8.92 Å². The van der Waals surface area contributed by atoms with E-state index in [1.807, 2.05) is 0 Å². The minimum absolute atomic E-state index is 0. The first-order valence-electron chi connectivity index (χ1n) is 0.408. The minimum atomic E-state index is -1.42. The molecule has 0 rings (SSSR count). The molecule has 0 aromatic carbocycles. The molecule has 0 aromatic rings. The average Bonchev–Trinajstić information content (AvgIpc) is 0.918. The van der Waals surface area contributed by atoms with Gasteiger partial charge in [0.25, 0.3) is 0 Å². The Morgan fingerprint density at radius 2 is 1.40 bits per heavy atom. The predicted octanol–water partition coefficient (Wildman–Crippen LogP) is -1.60. The van der Waals surface area contributed by atoms with Crippen molar-refractivity contribution in [3.05, 3.63) is 0 Å². The maximum atomic E-state index is 8.40. The fourth-order valence-corrected chi connectivity index (χ4v) is 0. The van der Waals surface area contributed by atoms with Gasteiger partial charge in [-0.1, -0.05) is 0 Å². The smallest absolute Gasteiger partial charge is 1.00 e. The maximum absolute atomic E-state index is 8.40. The molecule has 0 bridgehead atoms. The van der Waals surface area contributed by atoms with Gasteiger partial charge in [0.2, 0.25) is 0 Å². The fraction of sp³-hybridized carbons (Fsp3) is 0. The summed E-state index contributed by atoms with van der Waals surface area (Å²) in [5, 5.41) is 0. The standard InChI is InChI=1S/Mg.O2Si.H2O.2H/c;1-3-2;;;/h;;1H2;;/q+2;;;2*-1. The molecule has 0 saturated heterocycles. The van der Waals surface area contributed by atoms with Crippen LogP contribution in [0.25, 0.3) is 0 Å². The van der Waals surface area contributed by atoms with Gasteiger partial charge >= 0.3 is 32.3 Å². The minimum Gasteiger partial charge on any atom is -1.00 e. The van der Waals surface area contributed by atoms with Crippen LogP contribution in [0.4, 0.5) is 0 Å². The Morgan fingerprint density at radius 3 is 1.40 bits per heavy atom. The Balaban J connectivity index is -0.00000000333. The molecular weight excluding hydrogens is 100 g/mol. The molecular formula is H4MgO3Si. The average molecular weight is 104 g/mol. The molecule has 0 atom stereocenters. The van der Waals surface area contributed by atoms with Crippen LogP contribution >= 0.6 is 0 Å². The molecule has 0 saturated carbocycles. The summed E-state index contributed by atoms with van der Waals surface area (Å²) in [6, 6.07) is 0. The zero-order chi connectivity index (χ0) is 2.71. The molecule has 0 aliphatic heterocycles. The quantitative estimate of drug-likeness (QED) is 0.348. The molecule has 5 heteroatoms. The van der Waals surface area contributed by atoms with E-state index in [0.29, 0.717) is 0 Å². The van der Waals surface area contributed by atoms with Gasteiger partial charge < -0.3 is 8.33 Å². The van der Waals surface area contributed by atoms with Crippen molar-refractivity contribution in [1.29, 1.82) is 0 Å². The summed E-state index contributed by atoms with van der Waals surface area (Å²) in [6.45, 7) is 0. The Kier molecular flexibility index (Phi) is 84.7. The topological polar surface area (TPSA) is 65.6 Å². The second-order valence-corrected chi connectivity index (χ2v) is 0.250. The first-order valence-corrected chi connectivity index (χ1v) is 1.22. The molecule has 0 aliphatic carbocycles. The molecule has 28 valence electrons. The molecule has 3 nitrogen and oxygen atoms in total. The monoisotopic (exact) mass is 104 g/mol. The Morgan fingerprint density at radius 1 is 1.40 bits per heavy atom. The van der Waals surface area contributed by atoms with Gasteiger partial charge in [-0.25, -0.2) is 0 Å². The SMILES string of the molecule is O.O=[Si]=O.[H-].[H-].[Mg+2]. The normalized spacial score (nSPS) is 1.60. The van der Waals surface area contributed by atoms with Crippen molar-refractivity contribution < 1.29 is 17.3 Å². The van der Waals surface area contributed by atoms with E-state index in [9.17, 15) is 0 Å². The van der Waals surface area contributed by atoms with Crippen molar-refractivity contribution in [3.8, 4) is 0 Å². The first-order chi connectivity index (χ1) is 1.41. The summed E-state index contributed by atoms with van der Waals surface area (Å²) in [6.07, 6.45) is 0. The summed E-state index contributed by atoms with van der Waals surface area (Å²) in [5.74, 6) is 0. The van der Waals surface area contributed by atoms with E-state index in [1.54, 1.807) is 0 Å². The third kappa shape index (κ3) is 99.6. The van der Waals surface area contributed by atoms with Gasteiger partial charge in [-0.3, -0.25) is 8.92 Å². The fourth-order valence-electron chi connectivity index (χ4n) is 0. The van der Waals surface area contributed by atoms with Crippen LogP contribution in [0, 0.1) is 0 Å². The van der Waals surface area contributed by atoms with Crippen molar-refractivity contribution in [2.45, 2.75) is 0 Å². The van der Waals surface area contributed by atoms with Crippen molar-refractivity contribution in [2.75, 3.05) is 0 Å². The molecule has 0 fully saturated rings. The molecule has 5 heavy (non-hydrogen) atoms. The summed E-state index contributed by atoms with van der Waals surface area (Å²) in [5.41, 5.74) is 0. The maximum Gasteiger partial charge on any atom is 2.00 e. The van der Waals surface area contributed by atoms with Gasteiger partial charge in [0.05, 0.1) is 0 Å². The van der Waals surface area contributed by atoms with Crippen LogP contribution in [0.15, 0.2) is 0 Å². The van der Waals surface area contributed by atoms with Crippen LogP contribution in [-0.2, 0) is 8.92 Å². The Hall–Kier alpha value is 0.543. The van der Waals surface area contributed by atoms with Gasteiger partial charge in [-0.2, -0.15) is 0 Å². The van der Waals surface area contributed by atoms with Gasteiger partial charge in [0, 0.05) is 0 Å². The second kappa shape index (κ2) is 24.0. The van der Waals surface area contributed by atoms with E-state index < -0.39 is 9.29 Å². The van der Waals surface area contributed by atoms with Crippen LogP contribution in [0.1, 0.15) is 2.85 Å². The van der Waals surface area contributed by atoms with Crippen molar-refractivity contribution in [3.63, 3.8) is 0 Å². The molecule has 0 heterocycles. The molecule has 0 unspecified atom stereocenters. The van der Waals surface area contributed by atoms with E-state index in [0.717, 1.165) is 0 Å². The Labute approximate surface area is 50.1 Å². The van der Waals surface area contributed by atoms with E-state index in [-0.39, 0.29) is 31.4 Å². The van der Waals surface area contributed by atoms with Gasteiger partial charge in [-0.05, 0) is 0 Å². The molecule has 0 radical (unpaired) electrons. The van der Waals surface area contributed by atoms with Crippen LogP contribution in [-0.4, -0.2) is 37.8 Å². The molecule has 2 N–H and O–H groups in total. The number of hydrogen-bond acceptors (Lipinski definition) is 2. The zero-order valence-electron chi connectivity index (χ0n) is 4.52. The second-order valence-electron chi connectivity index (χ2n) is 0.0833. The van der Waals surface area contributed by atoms with Crippen LogP contribution in [0.3, 0.4) is 0 Å². The van der Waals surface area contributed by atoms with Gasteiger partial charge in [0.15, 0.2) is 0 Å². The van der Waals surface area contributed by atoms with Gasteiger partial charge in [-0.15, -0.1) is 0 Å². The van der Waals surface area contributed by atoms with E-state index >= 15 is 0 Å². The molecule has 0 aromatic heterocycles. The van der Waals surface area contributed by atoms with Crippen molar-refractivity contribution in [2.24, 2.45) is 0 Å². The van der Waals surface area contributed by atoms with Crippen LogP contribution < -0.4 is 0 Å². The summed E-state index contributed by atoms with van der Waals surface area (Å²) >= 11 is 0. The van der Waals surface area contributed by atoms with Gasteiger partial charge in [0.1, 0.15) is 0 Å². The summed E-state index contributed by atoms with van der Waals surface area (Å²) in [4.78, 5) is 0. The van der Waals surface area contributed by atoms with Crippen LogP contribution in [0.2, 0.25) is 0 Å². The predicted molar refractivity (Wildman–Crippen MR) is 18.7 cm³/mol. The van der Waals surface area contributed by atoms with E-state index in [1.165, 1.54) is 0 Å². The third-order valence-electron chi connectivity index (χ3n) is 0. The van der Waals surface area contributed by atoms with Crippen molar-refractivity contribution in [1.82, 2.24) is 0 Å². The first kappa shape index (κ1) is 17.7. The zero-order valence-corrected chi connectivity index (χ0v) is 4.94. The number of rotatable bonds is 0. The van der Waals surface area contributed by atoms with E-state index in [2.05, 4.69) is 0 Å². The molecule has 0 spiro atoms.